The Morgan fingerprint density at radius 3 is 2.81 bits per heavy atom. The van der Waals surface area contributed by atoms with Crippen molar-refractivity contribution in [3.8, 4) is 11.8 Å². The van der Waals surface area contributed by atoms with Gasteiger partial charge in [-0.1, -0.05) is 23.9 Å². The fraction of sp³-hybridized carbons (Fsp3) is 0.400. The highest BCUT2D eigenvalue weighted by Gasteiger charge is 2.30. The number of rotatable bonds is 3. The quantitative estimate of drug-likeness (QED) is 0.701. The lowest BCUT2D eigenvalue weighted by Gasteiger charge is -2.30. The van der Waals surface area contributed by atoms with Crippen molar-refractivity contribution in [2.45, 2.75) is 51.5 Å². The lowest BCUT2D eigenvalue weighted by Crippen LogP contribution is -2.37. The van der Waals surface area contributed by atoms with E-state index in [9.17, 15) is 9.59 Å². The summed E-state index contributed by atoms with van der Waals surface area (Å²) in [4.78, 5) is 26.6. The second kappa shape index (κ2) is 7.61. The van der Waals surface area contributed by atoms with E-state index in [-0.39, 0.29) is 23.4 Å². The predicted octanol–water partition coefficient (Wildman–Crippen LogP) is 3.53. The molecule has 4 N–H and O–H groups in total. The van der Waals surface area contributed by atoms with Gasteiger partial charge in [-0.05, 0) is 51.0 Å². The van der Waals surface area contributed by atoms with Crippen molar-refractivity contribution < 1.29 is 14.0 Å². The molecule has 1 aliphatic rings. The zero-order chi connectivity index (χ0) is 19.7. The van der Waals surface area contributed by atoms with Gasteiger partial charge in [-0.15, -0.1) is 0 Å². The minimum absolute atomic E-state index is 0.0822. The molecule has 1 fully saturated rings. The molecule has 0 radical (unpaired) electrons. The molecule has 1 saturated carbocycles. The number of nitrogens with two attached hydrogens (primary N) is 1. The second-order valence-electron chi connectivity index (χ2n) is 6.91. The number of nitrogens with one attached hydrogen (secondary N) is 2. The Morgan fingerprint density at radius 1 is 1.41 bits per heavy atom. The number of aromatic amines is 1. The minimum atomic E-state index is -0.713. The summed E-state index contributed by atoms with van der Waals surface area (Å²) in [6.07, 6.45) is 3.01. The van der Waals surface area contributed by atoms with Gasteiger partial charge in [0, 0.05) is 22.7 Å². The van der Waals surface area contributed by atoms with E-state index in [4.69, 9.17) is 17.3 Å². The lowest BCUT2D eigenvalue weighted by atomic mass is 9.79. The molecule has 1 aromatic heterocycles. The average molecular weight is 390 g/mol. The van der Waals surface area contributed by atoms with Gasteiger partial charge >= 0.3 is 0 Å². The van der Waals surface area contributed by atoms with Crippen LogP contribution in [0.1, 0.15) is 60.1 Å². The Kier molecular flexibility index (Phi) is 5.43. The summed E-state index contributed by atoms with van der Waals surface area (Å²) >= 11 is 6.44. The molecule has 0 bridgehead atoms. The molecule has 0 unspecified atom stereocenters. The number of fused-ring (bicyclic) bond motifs is 1. The first kappa shape index (κ1) is 19.2. The van der Waals surface area contributed by atoms with Crippen LogP contribution in [0.4, 0.5) is 4.39 Å². The lowest BCUT2D eigenvalue weighted by molar-refractivity contribution is -0.116. The molecule has 0 saturated heterocycles. The Morgan fingerprint density at radius 2 is 2.15 bits per heavy atom. The van der Waals surface area contributed by atoms with Crippen LogP contribution < -0.4 is 11.1 Å². The van der Waals surface area contributed by atoms with Crippen molar-refractivity contribution in [2.75, 3.05) is 0 Å². The number of primary amides is 1. The molecule has 2 atom stereocenters. The normalized spacial score (nSPS) is 19.4. The second-order valence-corrected chi connectivity index (χ2v) is 7.28. The third-order valence-electron chi connectivity index (χ3n) is 5.10. The summed E-state index contributed by atoms with van der Waals surface area (Å²) in [6, 6.07) is 1.10. The predicted molar refractivity (Wildman–Crippen MR) is 103 cm³/mol. The Labute approximate surface area is 161 Å². The van der Waals surface area contributed by atoms with E-state index < -0.39 is 11.7 Å². The number of aromatic nitrogens is 1. The number of carbonyl (C=O) groups is 2. The SMILES string of the molecule is CC#CC(=O)N[C@@H]1CCC[C@H](c2c(F)cc(C(N)=O)c3[nH]c(C)c(Cl)c23)C1. The van der Waals surface area contributed by atoms with Crippen LogP contribution in [-0.4, -0.2) is 22.8 Å². The van der Waals surface area contributed by atoms with E-state index in [2.05, 4.69) is 22.1 Å². The number of halogens is 2. The highest BCUT2D eigenvalue weighted by Crippen LogP contribution is 2.42. The number of aryl methyl sites for hydroxylation is 1. The molecule has 2 aromatic rings. The van der Waals surface area contributed by atoms with Crippen LogP contribution in [0.2, 0.25) is 5.02 Å². The van der Waals surface area contributed by atoms with Crippen LogP contribution in [0.5, 0.6) is 0 Å². The van der Waals surface area contributed by atoms with Crippen LogP contribution in [0.15, 0.2) is 6.07 Å². The van der Waals surface area contributed by atoms with Crippen LogP contribution in [-0.2, 0) is 4.79 Å². The van der Waals surface area contributed by atoms with Gasteiger partial charge in [0.25, 0.3) is 11.8 Å². The van der Waals surface area contributed by atoms with Crippen molar-refractivity contribution in [3.63, 3.8) is 0 Å². The highest BCUT2D eigenvalue weighted by molar-refractivity contribution is 6.37. The maximum Gasteiger partial charge on any atom is 0.296 e. The van der Waals surface area contributed by atoms with Crippen molar-refractivity contribution in [3.05, 3.63) is 33.7 Å². The molecule has 3 rings (SSSR count). The van der Waals surface area contributed by atoms with Crippen molar-refractivity contribution in [1.82, 2.24) is 10.3 Å². The first-order valence-electron chi connectivity index (χ1n) is 8.86. The van der Waals surface area contributed by atoms with E-state index in [1.165, 1.54) is 6.07 Å². The number of H-pyrrole nitrogens is 1. The van der Waals surface area contributed by atoms with Gasteiger partial charge in [0.1, 0.15) is 5.82 Å². The molecule has 5 nitrogen and oxygen atoms in total. The Hall–Kier alpha value is -2.52. The third kappa shape index (κ3) is 3.65. The van der Waals surface area contributed by atoms with Gasteiger partial charge in [-0.2, -0.15) is 0 Å². The summed E-state index contributed by atoms with van der Waals surface area (Å²) in [5.74, 6) is 3.38. The van der Waals surface area contributed by atoms with Crippen LogP contribution in [0.3, 0.4) is 0 Å². The number of amides is 2. The minimum Gasteiger partial charge on any atom is -0.366 e. The van der Waals surface area contributed by atoms with Gasteiger partial charge in [0.15, 0.2) is 0 Å². The number of carbonyl (C=O) groups excluding carboxylic acids is 2. The summed E-state index contributed by atoms with van der Waals surface area (Å²) in [7, 11) is 0. The summed E-state index contributed by atoms with van der Waals surface area (Å²) in [5.41, 5.74) is 7.09. The van der Waals surface area contributed by atoms with Gasteiger partial charge < -0.3 is 16.0 Å². The van der Waals surface area contributed by atoms with Gasteiger partial charge in [0.05, 0.1) is 16.1 Å². The summed E-state index contributed by atoms with van der Waals surface area (Å²) in [5, 5.41) is 3.79. The molecule has 27 heavy (non-hydrogen) atoms. The van der Waals surface area contributed by atoms with E-state index >= 15 is 4.39 Å². The average Bonchev–Trinajstić information content (AvgIpc) is 2.90. The molecule has 1 aromatic carbocycles. The van der Waals surface area contributed by atoms with E-state index in [0.717, 1.165) is 19.3 Å². The highest BCUT2D eigenvalue weighted by atomic mass is 35.5. The number of hydrogen-bond donors (Lipinski definition) is 3. The van der Waals surface area contributed by atoms with Gasteiger partial charge in [-0.25, -0.2) is 4.39 Å². The Bertz CT molecular complexity index is 987. The molecule has 0 aliphatic heterocycles. The third-order valence-corrected chi connectivity index (χ3v) is 5.57. The smallest absolute Gasteiger partial charge is 0.296 e. The van der Waals surface area contributed by atoms with Crippen molar-refractivity contribution in [2.24, 2.45) is 5.73 Å². The van der Waals surface area contributed by atoms with Crippen LogP contribution in [0, 0.1) is 24.6 Å². The first-order valence-corrected chi connectivity index (χ1v) is 9.24. The van der Waals surface area contributed by atoms with Crippen LogP contribution in [0.25, 0.3) is 10.9 Å². The van der Waals surface area contributed by atoms with Crippen LogP contribution >= 0.6 is 11.6 Å². The van der Waals surface area contributed by atoms with E-state index in [0.29, 0.717) is 33.6 Å². The zero-order valence-electron chi connectivity index (χ0n) is 15.2. The molecular weight excluding hydrogens is 369 g/mol. The monoisotopic (exact) mass is 389 g/mol. The number of benzene rings is 1. The summed E-state index contributed by atoms with van der Waals surface area (Å²) < 4.78 is 15.0. The van der Waals surface area contributed by atoms with Crippen molar-refractivity contribution in [1.29, 1.82) is 0 Å². The maximum absolute atomic E-state index is 15.0. The maximum atomic E-state index is 15.0. The van der Waals surface area contributed by atoms with E-state index in [1.54, 1.807) is 13.8 Å². The molecule has 142 valence electrons. The molecule has 0 spiro atoms. The summed E-state index contributed by atoms with van der Waals surface area (Å²) in [6.45, 7) is 3.37. The van der Waals surface area contributed by atoms with Crippen molar-refractivity contribution >= 4 is 34.3 Å². The fourth-order valence-corrected chi connectivity index (χ4v) is 4.21. The molecular formula is C20H21ClFN3O2. The van der Waals surface area contributed by atoms with Gasteiger partial charge in [-0.3, -0.25) is 9.59 Å². The molecule has 1 heterocycles. The fourth-order valence-electron chi connectivity index (χ4n) is 3.96. The molecule has 2 amide bonds. The molecule has 1 aliphatic carbocycles. The largest absolute Gasteiger partial charge is 0.366 e. The Balaban J connectivity index is 2.04. The standard InChI is InChI=1S/C20H21ClFN3O2/c1-3-5-15(26)25-12-7-4-6-11(8-12)16-14(22)9-13(20(23)27)19-17(16)18(21)10(2)24-19/h9,11-12,24H,4,6-8H2,1-2H3,(H2,23,27)(H,25,26)/t11-,12+/m0/s1. The molecule has 7 heteroatoms. The van der Waals surface area contributed by atoms with Gasteiger partial charge in [0.2, 0.25) is 0 Å². The topological polar surface area (TPSA) is 88.0 Å². The first-order chi connectivity index (χ1) is 12.8. The van der Waals surface area contributed by atoms with E-state index in [1.807, 2.05) is 0 Å². The number of hydrogen-bond acceptors (Lipinski definition) is 2. The zero-order valence-corrected chi connectivity index (χ0v) is 16.0.